The van der Waals surface area contributed by atoms with Gasteiger partial charge in [-0.25, -0.2) is 10.2 Å². The lowest BCUT2D eigenvalue weighted by Crippen LogP contribution is -2.44. The molecule has 6 nitrogen and oxygen atoms in total. The molecule has 0 unspecified atom stereocenters. The summed E-state index contributed by atoms with van der Waals surface area (Å²) in [6.07, 6.45) is 5.73. The first-order chi connectivity index (χ1) is 13.9. The van der Waals surface area contributed by atoms with E-state index in [1.807, 2.05) is 23.4 Å². The zero-order valence-corrected chi connectivity index (χ0v) is 18.5. The topological polar surface area (TPSA) is 43.8 Å². The minimum absolute atomic E-state index is 0.0354. The molecule has 1 aromatic carbocycles. The van der Waals surface area contributed by atoms with Crippen molar-refractivity contribution < 1.29 is 4.79 Å². The molecule has 1 aliphatic carbocycles. The molecule has 0 spiro atoms. The predicted octanol–water partition coefficient (Wildman–Crippen LogP) is 3.44. The maximum Gasteiger partial charge on any atom is 0.336 e. The Morgan fingerprint density at radius 2 is 2.00 bits per heavy atom. The van der Waals surface area contributed by atoms with Crippen LogP contribution in [0.1, 0.15) is 49.3 Å². The molecule has 1 N–H and O–H groups in total. The van der Waals surface area contributed by atoms with Crippen molar-refractivity contribution in [2.75, 3.05) is 46.2 Å². The molecule has 6 heteroatoms. The monoisotopic (exact) mass is 397 g/mol. The maximum absolute atomic E-state index is 12.8. The second-order valence-electron chi connectivity index (χ2n) is 8.93. The van der Waals surface area contributed by atoms with Crippen molar-refractivity contribution >= 4 is 16.9 Å². The number of urea groups is 1. The van der Waals surface area contributed by atoms with E-state index in [1.165, 1.54) is 41.5 Å². The second kappa shape index (κ2) is 8.00. The first-order valence-electron chi connectivity index (χ1n) is 11.0. The van der Waals surface area contributed by atoms with Gasteiger partial charge in [-0.2, -0.15) is 0 Å². The van der Waals surface area contributed by atoms with E-state index in [1.54, 1.807) is 0 Å². The Balaban J connectivity index is 1.81. The minimum atomic E-state index is -0.0354. The molecule has 1 aliphatic heterocycles. The lowest BCUT2D eigenvalue weighted by Gasteiger charge is -2.42. The quantitative estimate of drug-likeness (QED) is 0.841. The predicted molar refractivity (Wildman–Crippen MR) is 119 cm³/mol. The van der Waals surface area contributed by atoms with Crippen LogP contribution in [0.25, 0.3) is 10.9 Å². The van der Waals surface area contributed by atoms with Crippen molar-refractivity contribution in [2.24, 2.45) is 0 Å². The summed E-state index contributed by atoms with van der Waals surface area (Å²) < 4.78 is 1.98. The molecule has 2 atom stereocenters. The maximum atomic E-state index is 12.8. The summed E-state index contributed by atoms with van der Waals surface area (Å²) in [5.41, 5.74) is 8.44. The third-order valence-electron chi connectivity index (χ3n) is 6.72. The van der Waals surface area contributed by atoms with E-state index >= 15 is 0 Å². The molecule has 1 saturated heterocycles. The van der Waals surface area contributed by atoms with Crippen LogP contribution < -0.4 is 5.43 Å². The van der Waals surface area contributed by atoms with Gasteiger partial charge in [0.2, 0.25) is 0 Å². The van der Waals surface area contributed by atoms with Gasteiger partial charge in [0.1, 0.15) is 0 Å². The highest BCUT2D eigenvalue weighted by atomic mass is 16.2. The highest BCUT2D eigenvalue weighted by molar-refractivity contribution is 5.92. The van der Waals surface area contributed by atoms with Gasteiger partial charge in [-0.1, -0.05) is 6.07 Å². The summed E-state index contributed by atoms with van der Waals surface area (Å²) in [5.74, 6) is 0.584. The first kappa shape index (κ1) is 20.2. The van der Waals surface area contributed by atoms with E-state index in [2.05, 4.69) is 54.7 Å². The Labute approximate surface area is 174 Å². The molecule has 4 rings (SSSR count). The summed E-state index contributed by atoms with van der Waals surface area (Å²) in [6, 6.07) is 5.21. The Hall–Kier alpha value is -2.05. The molecule has 0 bridgehead atoms. The van der Waals surface area contributed by atoms with E-state index in [-0.39, 0.29) is 6.03 Å². The van der Waals surface area contributed by atoms with Crippen molar-refractivity contribution in [1.82, 2.24) is 19.4 Å². The fourth-order valence-corrected chi connectivity index (χ4v) is 5.33. The number of amides is 2. The Morgan fingerprint density at radius 3 is 2.69 bits per heavy atom. The molecular formula is C23H35N5O. The van der Waals surface area contributed by atoms with E-state index in [9.17, 15) is 4.79 Å². The number of carbonyl (C=O) groups is 1. The fraction of sp³-hybridized carbons (Fsp3) is 0.609. The third-order valence-corrected chi connectivity index (χ3v) is 6.72. The van der Waals surface area contributed by atoms with Crippen LogP contribution in [0.3, 0.4) is 0 Å². The molecule has 2 aliphatic rings. The molecule has 2 aromatic rings. The van der Waals surface area contributed by atoms with Gasteiger partial charge in [-0.05, 0) is 83.6 Å². The SMILES string of the molecule is CCN(CC)C(=O)Nn1cc2c3c(cc(CN(C)C)cc31)[C@H]1CCCN(C)[C@@H]1C2. The normalized spacial score (nSPS) is 21.4. The summed E-state index contributed by atoms with van der Waals surface area (Å²) in [6.45, 7) is 7.53. The number of likely N-dealkylation sites (N-methyl/N-ethyl adjacent to an activating group) is 1. The van der Waals surface area contributed by atoms with E-state index in [0.29, 0.717) is 25.0 Å². The third kappa shape index (κ3) is 3.64. The number of piperidine rings is 1. The molecule has 1 fully saturated rings. The molecule has 0 saturated carbocycles. The van der Waals surface area contributed by atoms with Crippen LogP contribution in [-0.4, -0.2) is 72.2 Å². The van der Waals surface area contributed by atoms with Crippen LogP contribution in [0.2, 0.25) is 0 Å². The number of likely N-dealkylation sites (tertiary alicyclic amines) is 1. The van der Waals surface area contributed by atoms with Gasteiger partial charge in [0.05, 0.1) is 5.52 Å². The van der Waals surface area contributed by atoms with Gasteiger partial charge in [-0.15, -0.1) is 0 Å². The van der Waals surface area contributed by atoms with Crippen LogP contribution in [0.15, 0.2) is 18.3 Å². The first-order valence-corrected chi connectivity index (χ1v) is 11.0. The lowest BCUT2D eigenvalue weighted by molar-refractivity contribution is 0.157. The molecule has 2 amide bonds. The molecule has 158 valence electrons. The highest BCUT2D eigenvalue weighted by Crippen LogP contribution is 2.44. The van der Waals surface area contributed by atoms with Crippen molar-refractivity contribution in [2.45, 2.75) is 51.6 Å². The summed E-state index contributed by atoms with van der Waals surface area (Å²) in [5, 5.41) is 1.36. The Bertz CT molecular complexity index is 898. The number of carbonyl (C=O) groups excluding carboxylic acids is 1. The second-order valence-corrected chi connectivity index (χ2v) is 8.93. The van der Waals surface area contributed by atoms with Crippen LogP contribution in [0.4, 0.5) is 4.79 Å². The van der Waals surface area contributed by atoms with Gasteiger partial charge in [0.15, 0.2) is 0 Å². The van der Waals surface area contributed by atoms with Crippen LogP contribution in [-0.2, 0) is 13.0 Å². The minimum Gasteiger partial charge on any atom is -0.324 e. The standard InChI is InChI=1S/C23H35N5O/c1-6-27(7-2)23(29)24-28-15-17-13-20-18(9-8-10-26(20)5)19-11-16(14-25(3)4)12-21(28)22(17)19/h11-12,15,18,20H,6-10,13-14H2,1-5H3,(H,24,29)/t18-,20-/m1/s1. The van der Waals surface area contributed by atoms with Gasteiger partial charge in [-0.3, -0.25) is 4.68 Å². The van der Waals surface area contributed by atoms with Crippen molar-refractivity contribution in [3.63, 3.8) is 0 Å². The summed E-state index contributed by atoms with van der Waals surface area (Å²) in [4.78, 5) is 19.3. The molecular weight excluding hydrogens is 362 g/mol. The van der Waals surface area contributed by atoms with Gasteiger partial charge in [0.25, 0.3) is 0 Å². The Kier molecular flexibility index (Phi) is 5.58. The molecule has 2 heterocycles. The number of aromatic nitrogens is 1. The smallest absolute Gasteiger partial charge is 0.324 e. The number of hydrogen-bond acceptors (Lipinski definition) is 3. The number of nitrogens with zero attached hydrogens (tertiary/aromatic N) is 4. The lowest BCUT2D eigenvalue weighted by atomic mass is 9.75. The van der Waals surface area contributed by atoms with Crippen molar-refractivity contribution in [3.05, 3.63) is 35.0 Å². The number of rotatable bonds is 5. The largest absolute Gasteiger partial charge is 0.336 e. The molecule has 0 radical (unpaired) electrons. The zero-order valence-electron chi connectivity index (χ0n) is 18.5. The van der Waals surface area contributed by atoms with Crippen molar-refractivity contribution in [1.29, 1.82) is 0 Å². The van der Waals surface area contributed by atoms with Crippen LogP contribution in [0, 0.1) is 0 Å². The summed E-state index contributed by atoms with van der Waals surface area (Å²) >= 11 is 0. The number of benzene rings is 1. The Morgan fingerprint density at radius 1 is 1.24 bits per heavy atom. The van der Waals surface area contributed by atoms with E-state index < -0.39 is 0 Å². The fourth-order valence-electron chi connectivity index (χ4n) is 5.33. The average Bonchev–Trinajstić information content (AvgIpc) is 3.01. The number of nitrogens with one attached hydrogen (secondary N) is 1. The van der Waals surface area contributed by atoms with E-state index in [0.717, 1.165) is 18.5 Å². The number of fused-ring (bicyclic) bond motifs is 2. The molecule has 29 heavy (non-hydrogen) atoms. The average molecular weight is 398 g/mol. The van der Waals surface area contributed by atoms with Gasteiger partial charge >= 0.3 is 6.03 Å². The van der Waals surface area contributed by atoms with Gasteiger partial charge in [0, 0.05) is 43.2 Å². The summed E-state index contributed by atoms with van der Waals surface area (Å²) in [7, 11) is 6.49. The van der Waals surface area contributed by atoms with E-state index in [4.69, 9.17) is 0 Å². The van der Waals surface area contributed by atoms with Crippen molar-refractivity contribution in [3.8, 4) is 0 Å². The molecule has 1 aromatic heterocycles. The van der Waals surface area contributed by atoms with Crippen LogP contribution in [0.5, 0.6) is 0 Å². The number of hydrogen-bond donors (Lipinski definition) is 1. The van der Waals surface area contributed by atoms with Crippen LogP contribution >= 0.6 is 0 Å². The van der Waals surface area contributed by atoms with Gasteiger partial charge < -0.3 is 14.7 Å². The highest BCUT2D eigenvalue weighted by Gasteiger charge is 2.37. The zero-order chi connectivity index (χ0) is 20.7.